The van der Waals surface area contributed by atoms with Crippen molar-refractivity contribution in [1.29, 1.82) is 0 Å². The molecule has 0 saturated heterocycles. The predicted molar refractivity (Wildman–Crippen MR) is 90.6 cm³/mol. The van der Waals surface area contributed by atoms with Gasteiger partial charge in [-0.1, -0.05) is 60.7 Å². The van der Waals surface area contributed by atoms with Crippen LogP contribution in [0.4, 0.5) is 0 Å². The number of carbonyl (C=O) groups is 3. The van der Waals surface area contributed by atoms with Crippen LogP contribution in [-0.4, -0.2) is 29.0 Å². The predicted octanol–water partition coefficient (Wildman–Crippen LogP) is 1.93. The molecule has 0 aliphatic carbocycles. The van der Waals surface area contributed by atoms with Crippen LogP contribution in [0.3, 0.4) is 0 Å². The molecule has 0 radical (unpaired) electrons. The highest BCUT2D eigenvalue weighted by Gasteiger charge is 2.24. The van der Waals surface area contributed by atoms with Crippen LogP contribution in [0.2, 0.25) is 0 Å². The minimum Gasteiger partial charge on any atom is -0.480 e. The molecule has 25 heavy (non-hydrogen) atoms. The van der Waals surface area contributed by atoms with E-state index in [0.717, 1.165) is 11.1 Å². The van der Waals surface area contributed by atoms with Gasteiger partial charge in [0, 0.05) is 0 Å². The Morgan fingerprint density at radius 1 is 0.920 bits per heavy atom. The molecule has 0 saturated carbocycles. The summed E-state index contributed by atoms with van der Waals surface area (Å²) in [5.74, 6) is -2.43. The van der Waals surface area contributed by atoms with Gasteiger partial charge in [0.2, 0.25) is 5.91 Å². The average Bonchev–Trinajstić information content (AvgIpc) is 2.61. The zero-order chi connectivity index (χ0) is 18.1. The van der Waals surface area contributed by atoms with Crippen LogP contribution in [0, 0.1) is 0 Å². The molecule has 0 aliphatic heterocycles. The second kappa shape index (κ2) is 9.22. The second-order valence-electron chi connectivity index (χ2n) is 5.47. The number of benzene rings is 2. The molecule has 0 fully saturated rings. The summed E-state index contributed by atoms with van der Waals surface area (Å²) in [6, 6.07) is 16.7. The Hall–Kier alpha value is -3.15. The Labute approximate surface area is 145 Å². The van der Waals surface area contributed by atoms with Gasteiger partial charge in [-0.25, -0.2) is 4.79 Å². The maximum atomic E-state index is 12.0. The van der Waals surface area contributed by atoms with Crippen molar-refractivity contribution in [2.24, 2.45) is 0 Å². The van der Waals surface area contributed by atoms with Gasteiger partial charge in [0.15, 0.2) is 0 Å². The van der Waals surface area contributed by atoms with E-state index in [1.807, 2.05) is 24.3 Å². The highest BCUT2D eigenvalue weighted by atomic mass is 16.5. The van der Waals surface area contributed by atoms with E-state index in [1.54, 1.807) is 36.4 Å². The number of esters is 1. The number of aliphatic carboxylic acids is 1. The molecule has 0 aliphatic rings. The lowest BCUT2D eigenvalue weighted by Crippen LogP contribution is -2.43. The van der Waals surface area contributed by atoms with E-state index < -0.39 is 30.3 Å². The van der Waals surface area contributed by atoms with E-state index in [2.05, 4.69) is 5.32 Å². The smallest absolute Gasteiger partial charge is 0.326 e. The van der Waals surface area contributed by atoms with Gasteiger partial charge < -0.3 is 15.2 Å². The van der Waals surface area contributed by atoms with Crippen LogP contribution < -0.4 is 5.32 Å². The molecule has 1 amide bonds. The summed E-state index contributed by atoms with van der Waals surface area (Å²) >= 11 is 0. The van der Waals surface area contributed by atoms with Gasteiger partial charge in [-0.3, -0.25) is 9.59 Å². The Morgan fingerprint density at radius 2 is 1.48 bits per heavy atom. The van der Waals surface area contributed by atoms with Gasteiger partial charge in [0.25, 0.3) is 0 Å². The van der Waals surface area contributed by atoms with Crippen LogP contribution in [0.1, 0.15) is 17.5 Å². The fourth-order valence-electron chi connectivity index (χ4n) is 2.19. The van der Waals surface area contributed by atoms with Crippen molar-refractivity contribution in [1.82, 2.24) is 5.32 Å². The largest absolute Gasteiger partial charge is 0.480 e. The van der Waals surface area contributed by atoms with Crippen molar-refractivity contribution in [3.63, 3.8) is 0 Å². The van der Waals surface area contributed by atoms with Gasteiger partial charge in [-0.15, -0.1) is 0 Å². The molecule has 2 aromatic carbocycles. The summed E-state index contributed by atoms with van der Waals surface area (Å²) in [4.78, 5) is 35.1. The summed E-state index contributed by atoms with van der Waals surface area (Å²) in [6.07, 6.45) is -0.383. The molecule has 1 atom stereocenters. The molecule has 2 N–H and O–H groups in total. The Bertz CT molecular complexity index is 715. The zero-order valence-corrected chi connectivity index (χ0v) is 13.6. The fourth-order valence-corrected chi connectivity index (χ4v) is 2.19. The molecular formula is C19H19NO5. The lowest BCUT2D eigenvalue weighted by molar-refractivity contribution is -0.151. The van der Waals surface area contributed by atoms with Gasteiger partial charge in [0.05, 0.1) is 12.8 Å². The molecule has 0 unspecified atom stereocenters. The van der Waals surface area contributed by atoms with E-state index in [0.29, 0.717) is 0 Å². The first kappa shape index (κ1) is 18.2. The number of carbonyl (C=O) groups excluding carboxylic acids is 2. The maximum absolute atomic E-state index is 12.0. The van der Waals surface area contributed by atoms with Gasteiger partial charge in [-0.2, -0.15) is 0 Å². The number of hydrogen-bond acceptors (Lipinski definition) is 4. The molecule has 130 valence electrons. The van der Waals surface area contributed by atoms with Crippen molar-refractivity contribution in [3.8, 4) is 0 Å². The highest BCUT2D eigenvalue weighted by molar-refractivity contribution is 5.88. The minimum atomic E-state index is -1.32. The third kappa shape index (κ3) is 6.47. The van der Waals surface area contributed by atoms with Gasteiger partial charge in [0.1, 0.15) is 12.6 Å². The van der Waals surface area contributed by atoms with Gasteiger partial charge >= 0.3 is 11.9 Å². The number of ether oxygens (including phenoxy) is 1. The number of rotatable bonds is 8. The van der Waals surface area contributed by atoms with Crippen LogP contribution in [-0.2, 0) is 32.1 Å². The summed E-state index contributed by atoms with van der Waals surface area (Å²) < 4.78 is 5.06. The monoisotopic (exact) mass is 341 g/mol. The van der Waals surface area contributed by atoms with Crippen LogP contribution in [0.25, 0.3) is 0 Å². The molecule has 6 heteroatoms. The third-order valence-electron chi connectivity index (χ3n) is 3.45. The molecule has 0 aromatic heterocycles. The van der Waals surface area contributed by atoms with E-state index in [-0.39, 0.29) is 13.0 Å². The first-order chi connectivity index (χ1) is 12.0. The summed E-state index contributed by atoms with van der Waals surface area (Å²) in [6.45, 7) is 0.0595. The SMILES string of the molecule is O=C(Cc1ccccc1)N[C@H](CC(=O)OCc1ccccc1)C(=O)O. The zero-order valence-electron chi connectivity index (χ0n) is 13.6. The molecule has 6 nitrogen and oxygen atoms in total. The molecule has 2 rings (SSSR count). The Morgan fingerprint density at radius 3 is 2.04 bits per heavy atom. The number of carboxylic acid groups (broad SMARTS) is 1. The normalized spacial score (nSPS) is 11.4. The van der Waals surface area contributed by atoms with Crippen molar-refractivity contribution >= 4 is 17.8 Å². The Kier molecular flexibility index (Phi) is 6.71. The van der Waals surface area contributed by atoms with E-state index in [1.165, 1.54) is 0 Å². The number of carboxylic acids is 1. The summed E-state index contributed by atoms with van der Waals surface area (Å²) in [5.41, 5.74) is 1.56. The quantitative estimate of drug-likeness (QED) is 0.716. The van der Waals surface area contributed by atoms with Crippen molar-refractivity contribution in [2.75, 3.05) is 0 Å². The molecule has 0 bridgehead atoms. The van der Waals surface area contributed by atoms with E-state index >= 15 is 0 Å². The van der Waals surface area contributed by atoms with Crippen LogP contribution in [0.5, 0.6) is 0 Å². The van der Waals surface area contributed by atoms with E-state index in [9.17, 15) is 19.5 Å². The fraction of sp³-hybridized carbons (Fsp3) is 0.211. The first-order valence-electron chi connectivity index (χ1n) is 7.80. The Balaban J connectivity index is 1.84. The van der Waals surface area contributed by atoms with Crippen molar-refractivity contribution in [2.45, 2.75) is 25.5 Å². The average molecular weight is 341 g/mol. The molecule has 0 spiro atoms. The van der Waals surface area contributed by atoms with Crippen molar-refractivity contribution in [3.05, 3.63) is 71.8 Å². The van der Waals surface area contributed by atoms with Crippen molar-refractivity contribution < 1.29 is 24.2 Å². The highest BCUT2D eigenvalue weighted by Crippen LogP contribution is 2.05. The molecular weight excluding hydrogens is 322 g/mol. The first-order valence-corrected chi connectivity index (χ1v) is 7.80. The third-order valence-corrected chi connectivity index (χ3v) is 3.45. The second-order valence-corrected chi connectivity index (χ2v) is 5.47. The number of amides is 1. The molecule has 0 heterocycles. The maximum Gasteiger partial charge on any atom is 0.326 e. The number of hydrogen-bond donors (Lipinski definition) is 2. The van der Waals surface area contributed by atoms with Crippen LogP contribution >= 0.6 is 0 Å². The summed E-state index contributed by atoms with van der Waals surface area (Å²) in [5, 5.41) is 11.6. The topological polar surface area (TPSA) is 92.7 Å². The van der Waals surface area contributed by atoms with Crippen LogP contribution in [0.15, 0.2) is 60.7 Å². The molecule has 2 aromatic rings. The van der Waals surface area contributed by atoms with Gasteiger partial charge in [-0.05, 0) is 11.1 Å². The lowest BCUT2D eigenvalue weighted by Gasteiger charge is -2.14. The van der Waals surface area contributed by atoms with E-state index in [4.69, 9.17) is 4.74 Å². The summed E-state index contributed by atoms with van der Waals surface area (Å²) in [7, 11) is 0. The number of nitrogens with one attached hydrogen (secondary N) is 1. The minimum absolute atomic E-state index is 0.0453. The standard InChI is InChI=1S/C19H19NO5/c21-17(11-14-7-3-1-4-8-14)20-16(19(23)24)12-18(22)25-13-15-9-5-2-6-10-15/h1-10,16H,11-13H2,(H,20,21)(H,23,24)/t16-/m1/s1. The lowest BCUT2D eigenvalue weighted by atomic mass is 10.1.